The van der Waals surface area contributed by atoms with Crippen LogP contribution in [0.15, 0.2) is 34.6 Å². The van der Waals surface area contributed by atoms with E-state index in [-0.39, 0.29) is 0 Å². The average Bonchev–Trinajstić information content (AvgIpc) is 3.12. The molecule has 0 aliphatic carbocycles. The van der Waals surface area contributed by atoms with Gasteiger partial charge in [-0.05, 0) is 25.0 Å². The van der Waals surface area contributed by atoms with Crippen LogP contribution in [0, 0.1) is 6.92 Å². The third-order valence-corrected chi connectivity index (χ3v) is 5.43. The van der Waals surface area contributed by atoms with Gasteiger partial charge in [0.2, 0.25) is 0 Å². The van der Waals surface area contributed by atoms with Gasteiger partial charge in [-0.25, -0.2) is 9.98 Å². The third-order valence-electron chi connectivity index (χ3n) is 4.61. The molecule has 0 saturated carbocycles. The second-order valence-corrected chi connectivity index (χ2v) is 8.00. The number of aryl methyl sites for hydroxylation is 1. The summed E-state index contributed by atoms with van der Waals surface area (Å²) in [6, 6.07) is 8.74. The zero-order chi connectivity index (χ0) is 19.6. The molecule has 0 bridgehead atoms. The lowest BCUT2D eigenvalue weighted by molar-refractivity contribution is 0.0342. The number of morpholine rings is 1. The molecule has 1 aliphatic rings. The van der Waals surface area contributed by atoms with Crippen molar-refractivity contribution >= 4 is 17.3 Å². The highest BCUT2D eigenvalue weighted by Crippen LogP contribution is 2.11. The average molecular weight is 402 g/mol. The van der Waals surface area contributed by atoms with E-state index in [2.05, 4.69) is 57.1 Å². The van der Waals surface area contributed by atoms with Crippen molar-refractivity contribution in [2.24, 2.45) is 4.99 Å². The largest absolute Gasteiger partial charge is 0.379 e. The molecule has 1 fully saturated rings. The van der Waals surface area contributed by atoms with E-state index in [9.17, 15) is 0 Å². The number of thiazole rings is 1. The zero-order valence-corrected chi connectivity index (χ0v) is 17.7. The maximum atomic E-state index is 5.43. The summed E-state index contributed by atoms with van der Waals surface area (Å²) in [4.78, 5) is 11.7. The summed E-state index contributed by atoms with van der Waals surface area (Å²) in [5.41, 5.74) is 3.71. The van der Waals surface area contributed by atoms with Gasteiger partial charge >= 0.3 is 0 Å². The van der Waals surface area contributed by atoms with Gasteiger partial charge in [0.05, 0.1) is 30.5 Å². The third kappa shape index (κ3) is 6.89. The number of ether oxygens (including phenoxy) is 1. The zero-order valence-electron chi connectivity index (χ0n) is 16.9. The smallest absolute Gasteiger partial charge is 0.191 e. The van der Waals surface area contributed by atoms with E-state index in [4.69, 9.17) is 9.73 Å². The Labute approximate surface area is 172 Å². The number of aliphatic imine (C=N–C) groups is 1. The minimum absolute atomic E-state index is 0.669. The van der Waals surface area contributed by atoms with Crippen molar-refractivity contribution in [3.05, 3.63) is 51.5 Å². The number of nitrogens with one attached hydrogen (secondary N) is 2. The predicted octanol–water partition coefficient (Wildman–Crippen LogP) is 2.58. The number of hydrogen-bond acceptors (Lipinski definition) is 5. The lowest BCUT2D eigenvalue weighted by atomic mass is 10.1. The summed E-state index contributed by atoms with van der Waals surface area (Å²) in [6.45, 7) is 11.1. The van der Waals surface area contributed by atoms with Crippen LogP contribution in [0.25, 0.3) is 0 Å². The summed E-state index contributed by atoms with van der Waals surface area (Å²) >= 11 is 1.70. The summed E-state index contributed by atoms with van der Waals surface area (Å²) in [6.07, 6.45) is 0.907. The Morgan fingerprint density at radius 1 is 1.25 bits per heavy atom. The minimum Gasteiger partial charge on any atom is -0.379 e. The molecule has 1 aliphatic heterocycles. The van der Waals surface area contributed by atoms with Crippen molar-refractivity contribution in [2.75, 3.05) is 39.4 Å². The predicted molar refractivity (Wildman–Crippen MR) is 116 cm³/mol. The molecule has 0 atom stereocenters. The van der Waals surface area contributed by atoms with Crippen LogP contribution >= 0.6 is 11.3 Å². The molecule has 2 N–H and O–H groups in total. The summed E-state index contributed by atoms with van der Waals surface area (Å²) in [5, 5.41) is 9.98. The van der Waals surface area contributed by atoms with Crippen LogP contribution in [0.4, 0.5) is 0 Å². The number of guanidine groups is 1. The first kappa shape index (κ1) is 20.8. The lowest BCUT2D eigenvalue weighted by Crippen LogP contribution is -2.38. The molecule has 2 aromatic rings. The van der Waals surface area contributed by atoms with Gasteiger partial charge in [0.15, 0.2) is 5.96 Å². The van der Waals surface area contributed by atoms with Crippen molar-refractivity contribution < 1.29 is 4.74 Å². The second kappa shape index (κ2) is 11.1. The van der Waals surface area contributed by atoms with Crippen molar-refractivity contribution in [3.8, 4) is 0 Å². The van der Waals surface area contributed by atoms with E-state index in [1.165, 1.54) is 11.1 Å². The van der Waals surface area contributed by atoms with Gasteiger partial charge in [-0.3, -0.25) is 4.90 Å². The molecule has 7 heteroatoms. The van der Waals surface area contributed by atoms with Crippen LogP contribution in [0.1, 0.15) is 28.8 Å². The Bertz CT molecular complexity index is 755. The van der Waals surface area contributed by atoms with E-state index in [0.717, 1.165) is 69.0 Å². The Hall–Kier alpha value is -1.96. The molecule has 152 valence electrons. The number of aromatic nitrogens is 1. The first-order chi connectivity index (χ1) is 13.7. The highest BCUT2D eigenvalue weighted by Gasteiger charge is 2.10. The second-order valence-electron chi connectivity index (χ2n) is 6.94. The molecule has 1 aromatic heterocycles. The van der Waals surface area contributed by atoms with E-state index in [0.29, 0.717) is 6.54 Å². The van der Waals surface area contributed by atoms with Crippen LogP contribution in [-0.4, -0.2) is 55.2 Å². The molecule has 6 nitrogen and oxygen atoms in total. The van der Waals surface area contributed by atoms with E-state index >= 15 is 0 Å². The first-order valence-electron chi connectivity index (χ1n) is 10.0. The van der Waals surface area contributed by atoms with E-state index < -0.39 is 0 Å². The molecule has 0 radical (unpaired) electrons. The topological polar surface area (TPSA) is 61.8 Å². The van der Waals surface area contributed by atoms with Gasteiger partial charge in [0, 0.05) is 44.5 Å². The number of nitrogens with zero attached hydrogens (tertiary/aromatic N) is 3. The Kier molecular flexibility index (Phi) is 8.26. The highest BCUT2D eigenvalue weighted by atomic mass is 32.1. The van der Waals surface area contributed by atoms with Crippen LogP contribution < -0.4 is 10.6 Å². The van der Waals surface area contributed by atoms with E-state index in [1.807, 2.05) is 6.92 Å². The number of benzene rings is 1. The first-order valence-corrected chi connectivity index (χ1v) is 10.9. The van der Waals surface area contributed by atoms with Crippen LogP contribution in [-0.2, 0) is 24.2 Å². The maximum absolute atomic E-state index is 5.43. The van der Waals surface area contributed by atoms with Gasteiger partial charge in [0.1, 0.15) is 0 Å². The Morgan fingerprint density at radius 2 is 2.07 bits per heavy atom. The summed E-state index contributed by atoms with van der Waals surface area (Å²) in [5.74, 6) is 0.855. The molecular weight excluding hydrogens is 370 g/mol. The molecule has 0 unspecified atom stereocenters. The molecule has 28 heavy (non-hydrogen) atoms. The molecule has 3 rings (SSSR count). The Morgan fingerprint density at radius 3 is 2.82 bits per heavy atom. The van der Waals surface area contributed by atoms with Crippen LogP contribution in [0.2, 0.25) is 0 Å². The van der Waals surface area contributed by atoms with Gasteiger partial charge in [0.25, 0.3) is 0 Å². The summed E-state index contributed by atoms with van der Waals surface area (Å²) < 4.78 is 5.43. The highest BCUT2D eigenvalue weighted by molar-refractivity contribution is 7.09. The molecule has 1 saturated heterocycles. The van der Waals surface area contributed by atoms with Crippen LogP contribution in [0.5, 0.6) is 0 Å². The standard InChI is InChI=1S/C21H31N5OS/c1-3-22-21(23-8-7-20-16-28-17(2)25-20)24-14-18-5-4-6-19(13-18)15-26-9-11-27-12-10-26/h4-6,13,16H,3,7-12,14-15H2,1-2H3,(H2,22,23,24). The molecule has 0 amide bonds. The number of hydrogen-bond donors (Lipinski definition) is 2. The molecular formula is C21H31N5OS. The molecule has 1 aromatic carbocycles. The van der Waals surface area contributed by atoms with Crippen LogP contribution in [0.3, 0.4) is 0 Å². The monoisotopic (exact) mass is 401 g/mol. The normalized spacial score (nSPS) is 15.6. The fraction of sp³-hybridized carbons (Fsp3) is 0.524. The Balaban J connectivity index is 1.52. The van der Waals surface area contributed by atoms with Gasteiger partial charge < -0.3 is 15.4 Å². The summed E-state index contributed by atoms with van der Waals surface area (Å²) in [7, 11) is 0. The van der Waals surface area contributed by atoms with Gasteiger partial charge in [-0.1, -0.05) is 24.3 Å². The van der Waals surface area contributed by atoms with Gasteiger partial charge in [-0.15, -0.1) is 11.3 Å². The van der Waals surface area contributed by atoms with Crippen molar-refractivity contribution in [2.45, 2.75) is 33.4 Å². The fourth-order valence-corrected chi connectivity index (χ4v) is 3.84. The fourth-order valence-electron chi connectivity index (χ4n) is 3.19. The SMILES string of the molecule is CCNC(=NCc1cccc(CN2CCOCC2)c1)NCCc1csc(C)n1. The van der Waals surface area contributed by atoms with Crippen molar-refractivity contribution in [3.63, 3.8) is 0 Å². The minimum atomic E-state index is 0.669. The maximum Gasteiger partial charge on any atom is 0.191 e. The quantitative estimate of drug-likeness (QED) is 0.526. The lowest BCUT2D eigenvalue weighted by Gasteiger charge is -2.26. The van der Waals surface area contributed by atoms with Crippen molar-refractivity contribution in [1.82, 2.24) is 20.5 Å². The van der Waals surface area contributed by atoms with E-state index in [1.54, 1.807) is 11.3 Å². The molecule has 2 heterocycles. The van der Waals surface area contributed by atoms with Gasteiger partial charge in [-0.2, -0.15) is 0 Å². The van der Waals surface area contributed by atoms with Crippen molar-refractivity contribution in [1.29, 1.82) is 0 Å². The number of rotatable bonds is 8. The molecule has 0 spiro atoms.